The summed E-state index contributed by atoms with van der Waals surface area (Å²) < 4.78 is 0. The van der Waals surface area contributed by atoms with E-state index in [-0.39, 0.29) is 0 Å². The maximum absolute atomic E-state index is 3.01. The van der Waals surface area contributed by atoms with E-state index >= 15 is 0 Å². The van der Waals surface area contributed by atoms with Gasteiger partial charge in [-0.2, -0.15) is 0 Å². The zero-order valence-corrected chi connectivity index (χ0v) is 26.2. The summed E-state index contributed by atoms with van der Waals surface area (Å²) in [6.07, 6.45) is 0. The largest absolute Gasteiger partial charge is 0.0582 e. The molecule has 24 atom stereocenters. The summed E-state index contributed by atoms with van der Waals surface area (Å²) >= 11 is 0. The van der Waals surface area contributed by atoms with E-state index in [0.29, 0.717) is 10.8 Å². The minimum atomic E-state index is 0.685. The molecule has 24 fully saturated rings. The van der Waals surface area contributed by atoms with E-state index in [1.807, 2.05) is 11.1 Å². The molecule has 24 aliphatic rings. The second-order valence-corrected chi connectivity index (χ2v) is 25.1. The quantitative estimate of drug-likeness (QED) is 0.402. The average Bonchev–Trinajstić information content (AvgIpc) is 3.78. The third-order valence-electron chi connectivity index (χ3n) is 28.8. The van der Waals surface area contributed by atoms with Gasteiger partial charge in [0.25, 0.3) is 0 Å². The van der Waals surface area contributed by atoms with Crippen LogP contribution in [0.15, 0.2) is 24.3 Å². The van der Waals surface area contributed by atoms with E-state index in [4.69, 9.17) is 0 Å². The maximum Gasteiger partial charge on any atom is 0.00547 e. The first-order valence-corrected chi connectivity index (χ1v) is 22.1. The van der Waals surface area contributed by atoms with Crippen molar-refractivity contribution in [2.75, 3.05) is 0 Å². The maximum atomic E-state index is 3.01. The zero-order valence-electron chi connectivity index (χ0n) is 26.2. The van der Waals surface area contributed by atoms with E-state index in [9.17, 15) is 0 Å². The van der Waals surface area contributed by atoms with Gasteiger partial charge in [0.2, 0.25) is 0 Å². The first kappa shape index (κ1) is 19.6. The van der Waals surface area contributed by atoms with Gasteiger partial charge >= 0.3 is 0 Å². The molecule has 0 aromatic heterocycles. The number of benzene rings is 1. The minimum Gasteiger partial charge on any atom is -0.0582 e. The van der Waals surface area contributed by atoms with Crippen LogP contribution in [0.4, 0.5) is 0 Å². The van der Waals surface area contributed by atoms with Gasteiger partial charge in [0.1, 0.15) is 0 Å². The van der Waals surface area contributed by atoms with Crippen LogP contribution >= 0.6 is 0 Å². The first-order valence-electron chi connectivity index (χ1n) is 22.1. The number of rotatable bonds is 2. The molecule has 25 rings (SSSR count). The standard InChI is InChI=1S/C46H42/c1-2-6(46-42-33-21-12-8-13-23(21)35(42)37-25(13)26-14(8)24-22(12)34(33)43(46)36(24)38(26)44(37)46)4-3-5(1)45-39-27-15-9-7-10-17(15)29(39)31-19(10)20-11(7)18-16(9)28(27)40(45)30(18)32(20)41(31)45/h1-4,7-44H. The SMILES string of the molecule is c1cc(C23C4C5C6C7C8C9C6C4C4C9C6C8C8C7C5C2C8C6C43)ccc1C12C3C4C5C6C7C8C5C3C3C8C5C7C7C6C4C1C7C5C32. The monoisotopic (exact) mass is 594 g/mol. The van der Waals surface area contributed by atoms with Gasteiger partial charge in [0.15, 0.2) is 0 Å². The molecule has 0 heteroatoms. The van der Waals surface area contributed by atoms with Crippen molar-refractivity contribution >= 4 is 0 Å². The van der Waals surface area contributed by atoms with E-state index in [1.165, 1.54) is 225 Å². The van der Waals surface area contributed by atoms with Crippen LogP contribution in [0.1, 0.15) is 11.1 Å². The fourth-order valence-electron chi connectivity index (χ4n) is 33.1. The molecule has 0 aliphatic heterocycles. The van der Waals surface area contributed by atoms with Gasteiger partial charge in [0, 0.05) is 10.8 Å². The molecule has 24 aliphatic carbocycles. The summed E-state index contributed by atoms with van der Waals surface area (Å²) in [5, 5.41) is 0. The highest BCUT2D eigenvalue weighted by molar-refractivity contribution is 5.57. The van der Waals surface area contributed by atoms with E-state index in [0.717, 1.165) is 0 Å². The van der Waals surface area contributed by atoms with Crippen molar-refractivity contribution in [1.29, 1.82) is 0 Å². The van der Waals surface area contributed by atoms with Gasteiger partial charge in [0.05, 0.1) is 0 Å². The molecular weight excluding hydrogens is 553 g/mol. The van der Waals surface area contributed by atoms with Gasteiger partial charge in [-0.05, 0) is 236 Å². The summed E-state index contributed by atoms with van der Waals surface area (Å²) in [5.74, 6) is 47.1. The van der Waals surface area contributed by atoms with Crippen molar-refractivity contribution in [1.82, 2.24) is 0 Å². The van der Waals surface area contributed by atoms with Crippen molar-refractivity contribution in [3.63, 3.8) is 0 Å². The lowest BCUT2D eigenvalue weighted by Crippen LogP contribution is -2.41. The van der Waals surface area contributed by atoms with E-state index < -0.39 is 0 Å². The number of hydrogen-bond donors (Lipinski definition) is 0. The molecule has 0 bridgehead atoms. The molecule has 1 aromatic carbocycles. The molecule has 226 valence electrons. The van der Waals surface area contributed by atoms with E-state index in [1.54, 1.807) is 0 Å². The average molecular weight is 595 g/mol. The van der Waals surface area contributed by atoms with Crippen LogP contribution in [0.2, 0.25) is 0 Å². The summed E-state index contributed by atoms with van der Waals surface area (Å²) in [5.41, 5.74) is 5.40. The predicted molar refractivity (Wildman–Crippen MR) is 162 cm³/mol. The second kappa shape index (κ2) is 4.52. The molecule has 0 saturated heterocycles. The third kappa shape index (κ3) is 1.03. The fraction of sp³-hybridized carbons (Fsp3) is 0.870. The third-order valence-corrected chi connectivity index (χ3v) is 28.8. The van der Waals surface area contributed by atoms with Crippen molar-refractivity contribution in [2.45, 2.75) is 10.8 Å². The fourth-order valence-corrected chi connectivity index (χ4v) is 33.1. The highest BCUT2D eigenvalue weighted by atomic mass is 15.1. The Morgan fingerprint density at radius 2 is 0.326 bits per heavy atom. The molecule has 0 heterocycles. The Hall–Kier alpha value is -0.780. The predicted octanol–water partition coefficient (Wildman–Crippen LogP) is 5.88. The van der Waals surface area contributed by atoms with Crippen LogP contribution < -0.4 is 0 Å². The molecule has 24 unspecified atom stereocenters. The molecular formula is C46H42. The zero-order chi connectivity index (χ0) is 26.9. The van der Waals surface area contributed by atoms with Crippen LogP contribution in [0.3, 0.4) is 0 Å². The van der Waals surface area contributed by atoms with Gasteiger partial charge in [-0.1, -0.05) is 24.3 Å². The van der Waals surface area contributed by atoms with Crippen LogP contribution in [-0.2, 0) is 10.8 Å². The molecule has 46 heavy (non-hydrogen) atoms. The summed E-state index contributed by atoms with van der Waals surface area (Å²) in [7, 11) is 0. The van der Waals surface area contributed by atoms with Gasteiger partial charge in [-0.3, -0.25) is 0 Å². The first-order chi connectivity index (χ1) is 22.9. The molecule has 0 amide bonds. The molecule has 24 saturated carbocycles. The van der Waals surface area contributed by atoms with Gasteiger partial charge in [-0.25, -0.2) is 0 Å². The molecule has 0 N–H and O–H groups in total. The molecule has 1 aromatic rings. The van der Waals surface area contributed by atoms with Gasteiger partial charge < -0.3 is 0 Å². The lowest BCUT2D eigenvalue weighted by molar-refractivity contribution is 0.158. The topological polar surface area (TPSA) is 0 Å². The van der Waals surface area contributed by atoms with E-state index in [2.05, 4.69) is 24.3 Å². The molecule has 0 spiro atoms. The minimum absolute atomic E-state index is 0.685. The van der Waals surface area contributed by atoms with Crippen molar-refractivity contribution in [2.24, 2.45) is 225 Å². The van der Waals surface area contributed by atoms with Crippen LogP contribution in [0.5, 0.6) is 0 Å². The molecule has 0 nitrogen and oxygen atoms in total. The highest BCUT2D eigenvalue weighted by Crippen LogP contribution is 3.06. The summed E-state index contributed by atoms with van der Waals surface area (Å²) in [4.78, 5) is 0. The second-order valence-electron chi connectivity index (χ2n) is 25.1. The van der Waals surface area contributed by atoms with Crippen molar-refractivity contribution in [3.05, 3.63) is 35.4 Å². The Balaban J connectivity index is 0.792. The normalized spacial score (nSPS) is 99.0. The Kier molecular flexibility index (Phi) is 1.92. The lowest BCUT2D eigenvalue weighted by Gasteiger charge is -2.43. The Labute approximate surface area is 270 Å². The Morgan fingerprint density at radius 1 is 0.196 bits per heavy atom. The Morgan fingerprint density at radius 3 is 0.478 bits per heavy atom. The van der Waals surface area contributed by atoms with Gasteiger partial charge in [-0.15, -0.1) is 0 Å². The van der Waals surface area contributed by atoms with Crippen LogP contribution in [0.25, 0.3) is 0 Å². The lowest BCUT2D eigenvalue weighted by atomic mass is 9.61. The van der Waals surface area contributed by atoms with Crippen molar-refractivity contribution in [3.8, 4) is 0 Å². The molecule has 0 radical (unpaired) electrons. The van der Waals surface area contributed by atoms with Crippen LogP contribution in [0, 0.1) is 225 Å². The van der Waals surface area contributed by atoms with Crippen LogP contribution in [-0.4, -0.2) is 0 Å². The smallest absolute Gasteiger partial charge is 0.00547 e. The highest BCUT2D eigenvalue weighted by Gasteiger charge is 3.04. The summed E-state index contributed by atoms with van der Waals surface area (Å²) in [6, 6.07) is 12.0. The number of hydrogen-bond acceptors (Lipinski definition) is 0. The van der Waals surface area contributed by atoms with Crippen molar-refractivity contribution < 1.29 is 0 Å². The Bertz CT molecular complexity index is 1650. The summed E-state index contributed by atoms with van der Waals surface area (Å²) in [6.45, 7) is 0.